The van der Waals surface area contributed by atoms with Crippen LogP contribution in [0.25, 0.3) is 11.1 Å². The van der Waals surface area contributed by atoms with Gasteiger partial charge in [0.25, 0.3) is 5.91 Å². The number of benzene rings is 3. The Bertz CT molecular complexity index is 2210. The number of hydrogen-bond donors (Lipinski definition) is 2. The van der Waals surface area contributed by atoms with Crippen molar-refractivity contribution in [3.05, 3.63) is 93.1 Å². The standard InChI is InChI=1S/C42H42ClFN6O4/c1-23-4-7-27(39-24(2)48-54-25(39)3)17-37(23)49(30-10-11-32(33(43)18-30)42(22-45)14-15-42)20-26-5-8-29(9-6-26)46-35-19-31-28(16-34(35)44)21-50(41(31)53)36-12-13-38(51)47-40(36)52/h4,7,10-11,16-19,26,29,36,46H,5-6,8-9,12-15,20-21H2,1-3H3,(H,47,51,52)/t26-,29-,36?. The Balaban J connectivity index is 1.00. The van der Waals surface area contributed by atoms with Gasteiger partial charge in [-0.2, -0.15) is 5.26 Å². The molecular weight excluding hydrogens is 707 g/mol. The summed E-state index contributed by atoms with van der Waals surface area (Å²) in [5.41, 5.74) is 7.52. The van der Waals surface area contributed by atoms with Gasteiger partial charge >= 0.3 is 0 Å². The second kappa shape index (κ2) is 13.9. The highest BCUT2D eigenvalue weighted by Crippen LogP contribution is 2.51. The van der Waals surface area contributed by atoms with Gasteiger partial charge < -0.3 is 19.6 Å². The summed E-state index contributed by atoms with van der Waals surface area (Å²) >= 11 is 6.92. The fraction of sp³-hybridized carbons (Fsp3) is 0.405. The van der Waals surface area contributed by atoms with E-state index in [1.807, 2.05) is 26.0 Å². The number of fused-ring (bicyclic) bond motifs is 1. The van der Waals surface area contributed by atoms with Crippen LogP contribution >= 0.6 is 11.6 Å². The molecule has 2 N–H and O–H groups in total. The van der Waals surface area contributed by atoms with E-state index < -0.39 is 23.2 Å². The number of anilines is 3. The Hall–Kier alpha value is -5.21. The van der Waals surface area contributed by atoms with Gasteiger partial charge in [0.2, 0.25) is 11.8 Å². The van der Waals surface area contributed by atoms with Gasteiger partial charge in [-0.1, -0.05) is 35.0 Å². The smallest absolute Gasteiger partial charge is 0.255 e. The van der Waals surface area contributed by atoms with Gasteiger partial charge in [0.05, 0.1) is 22.9 Å². The first kappa shape index (κ1) is 35.8. The first-order valence-corrected chi connectivity index (χ1v) is 19.1. The molecule has 0 radical (unpaired) electrons. The summed E-state index contributed by atoms with van der Waals surface area (Å²) in [6.45, 7) is 6.83. The lowest BCUT2D eigenvalue weighted by Crippen LogP contribution is -2.52. The predicted octanol–water partition coefficient (Wildman–Crippen LogP) is 8.18. The van der Waals surface area contributed by atoms with Crippen molar-refractivity contribution < 1.29 is 23.3 Å². The molecule has 8 rings (SSSR count). The van der Waals surface area contributed by atoms with Crippen molar-refractivity contribution in [3.63, 3.8) is 0 Å². The second-order valence-corrected chi connectivity index (χ2v) is 15.8. The summed E-state index contributed by atoms with van der Waals surface area (Å²) in [6, 6.07) is 17.2. The molecule has 1 aromatic heterocycles. The maximum atomic E-state index is 15.5. The number of aryl methyl sites for hydroxylation is 3. The molecule has 1 unspecified atom stereocenters. The minimum atomic E-state index is -0.750. The van der Waals surface area contributed by atoms with Gasteiger partial charge in [-0.15, -0.1) is 0 Å². The van der Waals surface area contributed by atoms with Gasteiger partial charge in [-0.3, -0.25) is 19.7 Å². The molecule has 278 valence electrons. The van der Waals surface area contributed by atoms with E-state index in [1.54, 1.807) is 6.07 Å². The fourth-order valence-corrected chi connectivity index (χ4v) is 8.94. The van der Waals surface area contributed by atoms with Crippen molar-refractivity contribution in [1.82, 2.24) is 15.4 Å². The van der Waals surface area contributed by atoms with Crippen LogP contribution in [0.5, 0.6) is 0 Å². The molecular formula is C42H42ClFN6O4. The maximum Gasteiger partial charge on any atom is 0.255 e. The fourth-order valence-electron chi connectivity index (χ4n) is 8.58. The summed E-state index contributed by atoms with van der Waals surface area (Å²) in [6.07, 6.45) is 5.47. The molecule has 4 aliphatic rings. The molecule has 3 aromatic carbocycles. The Morgan fingerprint density at radius 1 is 1.06 bits per heavy atom. The van der Waals surface area contributed by atoms with Crippen LogP contribution in [0.4, 0.5) is 21.5 Å². The minimum Gasteiger partial charge on any atom is -0.380 e. The lowest BCUT2D eigenvalue weighted by molar-refractivity contribution is -0.136. The summed E-state index contributed by atoms with van der Waals surface area (Å²) in [4.78, 5) is 41.3. The number of nitriles is 1. The van der Waals surface area contributed by atoms with E-state index in [0.717, 1.165) is 90.2 Å². The Labute approximate surface area is 318 Å². The zero-order valence-electron chi connectivity index (χ0n) is 30.6. The molecule has 0 spiro atoms. The summed E-state index contributed by atoms with van der Waals surface area (Å²) in [5, 5.41) is 20.3. The number of halogens is 2. The van der Waals surface area contributed by atoms with Crippen LogP contribution in [0.15, 0.2) is 53.1 Å². The SMILES string of the molecule is Cc1ccc(-c2c(C)noc2C)cc1N(C[C@H]1CC[C@H](Nc2cc3c(cc2F)CN(C2CCC(=O)NC2=O)C3=O)CC1)c1ccc(C2(C#N)CC2)c(Cl)c1. The Kier molecular flexibility index (Phi) is 9.21. The third kappa shape index (κ3) is 6.51. The molecule has 3 heterocycles. The number of carbonyl (C=O) groups is 3. The summed E-state index contributed by atoms with van der Waals surface area (Å²) in [7, 11) is 0. The third-order valence-electron chi connectivity index (χ3n) is 11.8. The molecule has 2 saturated carbocycles. The third-order valence-corrected chi connectivity index (χ3v) is 12.1. The van der Waals surface area contributed by atoms with Crippen LogP contribution < -0.4 is 15.5 Å². The largest absolute Gasteiger partial charge is 0.380 e. The van der Waals surface area contributed by atoms with Crippen LogP contribution in [-0.4, -0.2) is 46.4 Å². The monoisotopic (exact) mass is 748 g/mol. The number of aromatic nitrogens is 1. The van der Waals surface area contributed by atoms with Crippen molar-refractivity contribution >= 4 is 46.4 Å². The highest BCUT2D eigenvalue weighted by molar-refractivity contribution is 6.32. The molecule has 3 amide bonds. The molecule has 1 atom stereocenters. The van der Waals surface area contributed by atoms with E-state index in [0.29, 0.717) is 22.1 Å². The molecule has 10 nitrogen and oxygen atoms in total. The normalized spacial score (nSPS) is 21.7. The van der Waals surface area contributed by atoms with E-state index in [-0.39, 0.29) is 42.9 Å². The van der Waals surface area contributed by atoms with Crippen molar-refractivity contribution in [2.24, 2.45) is 5.92 Å². The number of nitrogens with one attached hydrogen (secondary N) is 2. The topological polar surface area (TPSA) is 132 Å². The van der Waals surface area contributed by atoms with E-state index in [4.69, 9.17) is 16.1 Å². The first-order chi connectivity index (χ1) is 25.9. The Morgan fingerprint density at radius 3 is 2.50 bits per heavy atom. The van der Waals surface area contributed by atoms with Gasteiger partial charge in [0.15, 0.2) is 0 Å². The van der Waals surface area contributed by atoms with E-state index in [9.17, 15) is 19.6 Å². The highest BCUT2D eigenvalue weighted by Gasteiger charge is 2.46. The number of hydrogen-bond acceptors (Lipinski definition) is 8. The van der Waals surface area contributed by atoms with Crippen LogP contribution in [0, 0.1) is 43.8 Å². The quantitative estimate of drug-likeness (QED) is 0.164. The minimum absolute atomic E-state index is 0.0176. The number of piperidine rings is 1. The average molecular weight is 749 g/mol. The highest BCUT2D eigenvalue weighted by atomic mass is 35.5. The number of nitrogens with zero attached hydrogens (tertiary/aromatic N) is 4. The molecule has 0 bridgehead atoms. The van der Waals surface area contributed by atoms with Gasteiger partial charge in [-0.25, -0.2) is 4.39 Å². The average Bonchev–Trinajstić information content (AvgIpc) is 3.79. The van der Waals surface area contributed by atoms with Gasteiger partial charge in [-0.05, 0) is 124 Å². The van der Waals surface area contributed by atoms with Gasteiger partial charge in [0.1, 0.15) is 17.6 Å². The Morgan fingerprint density at radius 2 is 1.83 bits per heavy atom. The molecule has 4 aromatic rings. The van der Waals surface area contributed by atoms with Crippen molar-refractivity contribution in [2.75, 3.05) is 16.8 Å². The van der Waals surface area contributed by atoms with Crippen LogP contribution in [0.3, 0.4) is 0 Å². The lowest BCUT2D eigenvalue weighted by Gasteiger charge is -2.35. The van der Waals surface area contributed by atoms with Crippen LogP contribution in [-0.2, 0) is 21.5 Å². The molecule has 2 aliphatic heterocycles. The zero-order chi connectivity index (χ0) is 37.9. The maximum absolute atomic E-state index is 15.5. The van der Waals surface area contributed by atoms with E-state index >= 15 is 4.39 Å². The molecule has 12 heteroatoms. The van der Waals surface area contributed by atoms with Crippen LogP contribution in [0.2, 0.25) is 5.02 Å². The molecule has 54 heavy (non-hydrogen) atoms. The number of amides is 3. The van der Waals surface area contributed by atoms with E-state index in [1.165, 1.54) is 11.0 Å². The van der Waals surface area contributed by atoms with Gasteiger partial charge in [0, 0.05) is 53.1 Å². The van der Waals surface area contributed by atoms with Crippen molar-refractivity contribution in [3.8, 4) is 17.2 Å². The van der Waals surface area contributed by atoms with Crippen molar-refractivity contribution in [1.29, 1.82) is 5.26 Å². The zero-order valence-corrected chi connectivity index (χ0v) is 31.4. The lowest BCUT2D eigenvalue weighted by atomic mass is 9.85. The van der Waals surface area contributed by atoms with E-state index in [2.05, 4.69) is 57.9 Å². The number of rotatable bonds is 9. The molecule has 2 aliphatic carbocycles. The summed E-state index contributed by atoms with van der Waals surface area (Å²) in [5.74, 6) is -0.512. The van der Waals surface area contributed by atoms with Crippen molar-refractivity contribution in [2.45, 2.75) is 96.2 Å². The second-order valence-electron chi connectivity index (χ2n) is 15.4. The number of imide groups is 1. The predicted molar refractivity (Wildman–Crippen MR) is 203 cm³/mol. The van der Waals surface area contributed by atoms with Crippen LogP contribution in [0.1, 0.15) is 89.9 Å². The molecule has 1 saturated heterocycles. The number of carbonyl (C=O) groups excluding carboxylic acids is 3. The molecule has 3 fully saturated rings. The first-order valence-electron chi connectivity index (χ1n) is 18.7. The summed E-state index contributed by atoms with van der Waals surface area (Å²) < 4.78 is 21.0.